The molecule has 1 aromatic carbocycles. The van der Waals surface area contributed by atoms with E-state index < -0.39 is 0 Å². The Morgan fingerprint density at radius 2 is 2.10 bits per heavy atom. The average Bonchev–Trinajstić information content (AvgIpc) is 2.76. The molecule has 2 aromatic rings. The maximum atomic E-state index is 12.7. The molecule has 0 spiro atoms. The molecule has 20 heavy (non-hydrogen) atoms. The second-order valence-corrected chi connectivity index (χ2v) is 6.25. The van der Waals surface area contributed by atoms with Gasteiger partial charge < -0.3 is 10.6 Å². The van der Waals surface area contributed by atoms with Gasteiger partial charge in [0, 0.05) is 22.7 Å². The van der Waals surface area contributed by atoms with Gasteiger partial charge in [-0.15, -0.1) is 11.3 Å². The van der Waals surface area contributed by atoms with Crippen LogP contribution in [0.2, 0.25) is 0 Å². The molecule has 0 aliphatic carbocycles. The summed E-state index contributed by atoms with van der Waals surface area (Å²) in [4.78, 5) is 15.3. The van der Waals surface area contributed by atoms with Crippen LogP contribution in [0.4, 0.5) is 5.69 Å². The van der Waals surface area contributed by atoms with Crippen LogP contribution in [0.25, 0.3) is 10.1 Å². The van der Waals surface area contributed by atoms with E-state index in [9.17, 15) is 4.79 Å². The first-order chi connectivity index (χ1) is 9.49. The highest BCUT2D eigenvalue weighted by molar-refractivity contribution is 7.21. The van der Waals surface area contributed by atoms with Crippen LogP contribution in [0.1, 0.15) is 42.4 Å². The predicted octanol–water partition coefficient (Wildman–Crippen LogP) is 4.05. The summed E-state index contributed by atoms with van der Waals surface area (Å²) in [5.74, 6) is 0.0539. The molecule has 4 heteroatoms. The van der Waals surface area contributed by atoms with Gasteiger partial charge in [0.2, 0.25) is 0 Å². The number of thiophene rings is 1. The van der Waals surface area contributed by atoms with Gasteiger partial charge in [0.1, 0.15) is 4.88 Å². The molecule has 0 fully saturated rings. The van der Waals surface area contributed by atoms with Crippen molar-refractivity contribution in [2.24, 2.45) is 0 Å². The van der Waals surface area contributed by atoms with Crippen LogP contribution in [0.15, 0.2) is 18.2 Å². The van der Waals surface area contributed by atoms with Crippen LogP contribution in [-0.2, 0) is 0 Å². The molecular weight excluding hydrogens is 268 g/mol. The fourth-order valence-electron chi connectivity index (χ4n) is 2.40. The normalized spacial score (nSPS) is 12.6. The summed E-state index contributed by atoms with van der Waals surface area (Å²) in [6, 6.07) is 6.39. The van der Waals surface area contributed by atoms with Crippen molar-refractivity contribution in [1.82, 2.24) is 4.90 Å². The lowest BCUT2D eigenvalue weighted by molar-refractivity contribution is 0.0706. The molecule has 108 valence electrons. The number of nitrogens with two attached hydrogens (primary N) is 1. The summed E-state index contributed by atoms with van der Waals surface area (Å²) in [6.07, 6.45) is 0.948. The number of aryl methyl sites for hydroxylation is 1. The summed E-state index contributed by atoms with van der Waals surface area (Å²) in [5.41, 5.74) is 7.99. The Kier molecular flexibility index (Phi) is 4.33. The van der Waals surface area contributed by atoms with Crippen molar-refractivity contribution >= 4 is 33.0 Å². The summed E-state index contributed by atoms with van der Waals surface area (Å²) in [6.45, 7) is 8.93. The van der Waals surface area contributed by atoms with E-state index in [-0.39, 0.29) is 11.9 Å². The molecule has 0 saturated heterocycles. The Morgan fingerprint density at radius 1 is 1.40 bits per heavy atom. The molecule has 2 rings (SSSR count). The van der Waals surface area contributed by atoms with Gasteiger partial charge in [-0.1, -0.05) is 18.6 Å². The van der Waals surface area contributed by atoms with Crippen LogP contribution in [-0.4, -0.2) is 23.4 Å². The highest BCUT2D eigenvalue weighted by Crippen LogP contribution is 2.35. The van der Waals surface area contributed by atoms with Gasteiger partial charge in [-0.25, -0.2) is 0 Å². The summed E-state index contributed by atoms with van der Waals surface area (Å²) in [7, 11) is 0. The molecule has 1 amide bonds. The number of anilines is 1. The average molecular weight is 290 g/mol. The van der Waals surface area contributed by atoms with E-state index in [4.69, 9.17) is 5.73 Å². The zero-order valence-electron chi connectivity index (χ0n) is 12.6. The summed E-state index contributed by atoms with van der Waals surface area (Å²) >= 11 is 1.50. The number of nitrogens with zero attached hydrogens (tertiary/aromatic N) is 1. The van der Waals surface area contributed by atoms with Crippen molar-refractivity contribution in [2.45, 2.75) is 40.2 Å². The first-order valence-electron chi connectivity index (χ1n) is 7.09. The summed E-state index contributed by atoms with van der Waals surface area (Å²) < 4.78 is 1.08. The second-order valence-electron chi connectivity index (χ2n) is 5.19. The first kappa shape index (κ1) is 14.9. The smallest absolute Gasteiger partial charge is 0.266 e. The van der Waals surface area contributed by atoms with Crippen molar-refractivity contribution in [3.8, 4) is 0 Å². The van der Waals surface area contributed by atoms with Crippen LogP contribution < -0.4 is 5.73 Å². The number of amides is 1. The Balaban J connectivity index is 2.47. The van der Waals surface area contributed by atoms with Gasteiger partial charge in [0.15, 0.2) is 0 Å². The third kappa shape index (κ3) is 2.52. The quantitative estimate of drug-likeness (QED) is 0.923. The van der Waals surface area contributed by atoms with Gasteiger partial charge in [-0.05, 0) is 39.3 Å². The van der Waals surface area contributed by atoms with Crippen molar-refractivity contribution in [2.75, 3.05) is 12.3 Å². The highest BCUT2D eigenvalue weighted by Gasteiger charge is 2.23. The highest BCUT2D eigenvalue weighted by atomic mass is 32.1. The molecule has 0 radical (unpaired) electrons. The van der Waals surface area contributed by atoms with Crippen molar-refractivity contribution < 1.29 is 4.79 Å². The molecule has 1 heterocycles. The SMILES string of the molecule is CCC(C)N(CC)C(=O)c1sc2ccc(C)cc2c1N. The van der Waals surface area contributed by atoms with E-state index >= 15 is 0 Å². The Hall–Kier alpha value is -1.55. The zero-order chi connectivity index (χ0) is 14.9. The predicted molar refractivity (Wildman–Crippen MR) is 87.4 cm³/mol. The molecule has 0 aliphatic rings. The number of fused-ring (bicyclic) bond motifs is 1. The van der Waals surface area contributed by atoms with E-state index in [2.05, 4.69) is 26.0 Å². The first-order valence-corrected chi connectivity index (χ1v) is 7.90. The lowest BCUT2D eigenvalue weighted by Crippen LogP contribution is -2.37. The van der Waals surface area contributed by atoms with Crippen molar-refractivity contribution in [1.29, 1.82) is 0 Å². The number of rotatable bonds is 4. The van der Waals surface area contributed by atoms with Crippen molar-refractivity contribution in [3.05, 3.63) is 28.6 Å². The maximum Gasteiger partial charge on any atom is 0.266 e. The van der Waals surface area contributed by atoms with Gasteiger partial charge in [-0.3, -0.25) is 4.79 Å². The molecule has 1 aromatic heterocycles. The fourth-order valence-corrected chi connectivity index (χ4v) is 3.45. The van der Waals surface area contributed by atoms with Gasteiger partial charge >= 0.3 is 0 Å². The Labute approximate surface area is 124 Å². The topological polar surface area (TPSA) is 46.3 Å². The number of nitrogen functional groups attached to an aromatic ring is 1. The summed E-state index contributed by atoms with van der Waals surface area (Å²) in [5, 5.41) is 0.999. The Bertz CT molecular complexity index is 633. The maximum absolute atomic E-state index is 12.7. The van der Waals surface area contributed by atoms with E-state index in [0.29, 0.717) is 17.1 Å². The number of carbonyl (C=O) groups excluding carboxylic acids is 1. The number of benzene rings is 1. The molecule has 3 nitrogen and oxygen atoms in total. The Morgan fingerprint density at radius 3 is 2.70 bits per heavy atom. The molecule has 0 saturated carbocycles. The zero-order valence-corrected chi connectivity index (χ0v) is 13.4. The minimum absolute atomic E-state index is 0.0539. The molecule has 2 N–H and O–H groups in total. The lowest BCUT2D eigenvalue weighted by atomic mass is 10.1. The molecule has 1 unspecified atom stereocenters. The molecule has 1 atom stereocenters. The van der Waals surface area contributed by atoms with Crippen LogP contribution in [0.3, 0.4) is 0 Å². The third-order valence-electron chi connectivity index (χ3n) is 3.80. The standard InChI is InChI=1S/C16H22N2OS/c1-5-11(4)18(6-2)16(19)15-14(17)12-9-10(3)7-8-13(12)20-15/h7-9,11H,5-6,17H2,1-4H3. The van der Waals surface area contributed by atoms with E-state index in [0.717, 1.165) is 22.1 Å². The minimum atomic E-state index is 0.0539. The van der Waals surface area contributed by atoms with E-state index in [1.807, 2.05) is 24.8 Å². The number of carbonyl (C=O) groups is 1. The van der Waals surface area contributed by atoms with Crippen LogP contribution in [0, 0.1) is 6.92 Å². The molecule has 0 bridgehead atoms. The fraction of sp³-hybridized carbons (Fsp3) is 0.438. The molecular formula is C16H22N2OS. The monoisotopic (exact) mass is 290 g/mol. The minimum Gasteiger partial charge on any atom is -0.397 e. The van der Waals surface area contributed by atoms with Crippen molar-refractivity contribution in [3.63, 3.8) is 0 Å². The van der Waals surface area contributed by atoms with Crippen LogP contribution in [0.5, 0.6) is 0 Å². The van der Waals surface area contributed by atoms with Gasteiger partial charge in [-0.2, -0.15) is 0 Å². The number of hydrogen-bond acceptors (Lipinski definition) is 3. The third-order valence-corrected chi connectivity index (χ3v) is 4.98. The van der Waals surface area contributed by atoms with Gasteiger partial charge in [0.05, 0.1) is 5.69 Å². The number of hydrogen-bond donors (Lipinski definition) is 1. The van der Waals surface area contributed by atoms with Gasteiger partial charge in [0.25, 0.3) is 5.91 Å². The van der Waals surface area contributed by atoms with Crippen LogP contribution >= 0.6 is 11.3 Å². The van der Waals surface area contributed by atoms with E-state index in [1.165, 1.54) is 11.3 Å². The van der Waals surface area contributed by atoms with E-state index in [1.54, 1.807) is 0 Å². The molecule has 0 aliphatic heterocycles. The lowest BCUT2D eigenvalue weighted by Gasteiger charge is -2.26. The second kappa shape index (κ2) is 5.83. The largest absolute Gasteiger partial charge is 0.397 e.